The van der Waals surface area contributed by atoms with Crippen molar-refractivity contribution in [3.63, 3.8) is 0 Å². The molecule has 17 heavy (non-hydrogen) atoms. The van der Waals surface area contributed by atoms with Crippen LogP contribution in [0.1, 0.15) is 5.56 Å². The van der Waals surface area contributed by atoms with Crippen LogP contribution >= 0.6 is 0 Å². The number of phenolic OH excluding ortho intramolecular Hbond substituents is 1. The highest BCUT2D eigenvalue weighted by Crippen LogP contribution is 2.32. The normalized spacial score (nSPS) is 10.2. The SMILES string of the molecule is COc1ccc(O)c(-c2cccc(CO)c2)c1. The molecule has 3 nitrogen and oxygen atoms in total. The molecule has 0 aromatic heterocycles. The third kappa shape index (κ3) is 2.40. The minimum Gasteiger partial charge on any atom is -0.507 e. The number of phenols is 1. The topological polar surface area (TPSA) is 49.7 Å². The molecule has 0 fully saturated rings. The molecule has 0 amide bonds. The molecule has 88 valence electrons. The predicted octanol–water partition coefficient (Wildman–Crippen LogP) is 2.56. The molecular formula is C14H14O3. The van der Waals surface area contributed by atoms with Gasteiger partial charge >= 0.3 is 0 Å². The van der Waals surface area contributed by atoms with Crippen LogP contribution in [0.5, 0.6) is 11.5 Å². The van der Waals surface area contributed by atoms with Crippen molar-refractivity contribution in [1.29, 1.82) is 0 Å². The van der Waals surface area contributed by atoms with Crippen molar-refractivity contribution in [3.8, 4) is 22.6 Å². The number of benzene rings is 2. The summed E-state index contributed by atoms with van der Waals surface area (Å²) in [5.74, 6) is 0.882. The third-order valence-corrected chi connectivity index (χ3v) is 2.62. The Bertz CT molecular complexity index is 521. The number of hydrogen-bond donors (Lipinski definition) is 2. The van der Waals surface area contributed by atoms with E-state index in [1.54, 1.807) is 25.3 Å². The number of aliphatic hydroxyl groups excluding tert-OH is 1. The number of hydrogen-bond acceptors (Lipinski definition) is 3. The van der Waals surface area contributed by atoms with Gasteiger partial charge in [0.05, 0.1) is 13.7 Å². The monoisotopic (exact) mass is 230 g/mol. The molecule has 0 aliphatic heterocycles. The summed E-state index contributed by atoms with van der Waals surface area (Å²) in [7, 11) is 1.58. The molecule has 2 aromatic rings. The first-order chi connectivity index (χ1) is 8.24. The smallest absolute Gasteiger partial charge is 0.123 e. The van der Waals surface area contributed by atoms with E-state index >= 15 is 0 Å². The van der Waals surface area contributed by atoms with Crippen LogP contribution in [0.2, 0.25) is 0 Å². The van der Waals surface area contributed by atoms with E-state index in [9.17, 15) is 5.11 Å². The van der Waals surface area contributed by atoms with Gasteiger partial charge in [0.1, 0.15) is 11.5 Å². The average molecular weight is 230 g/mol. The highest BCUT2D eigenvalue weighted by atomic mass is 16.5. The Morgan fingerprint density at radius 2 is 1.94 bits per heavy atom. The van der Waals surface area contributed by atoms with E-state index in [-0.39, 0.29) is 12.4 Å². The van der Waals surface area contributed by atoms with Crippen LogP contribution < -0.4 is 4.74 Å². The molecule has 2 aromatic carbocycles. The van der Waals surface area contributed by atoms with Crippen LogP contribution in [0.4, 0.5) is 0 Å². The maximum Gasteiger partial charge on any atom is 0.123 e. The third-order valence-electron chi connectivity index (χ3n) is 2.62. The maximum absolute atomic E-state index is 9.83. The van der Waals surface area contributed by atoms with Crippen LogP contribution in [0.3, 0.4) is 0 Å². The zero-order valence-electron chi connectivity index (χ0n) is 9.55. The fourth-order valence-corrected chi connectivity index (χ4v) is 1.71. The van der Waals surface area contributed by atoms with Crippen molar-refractivity contribution in [2.75, 3.05) is 7.11 Å². The minimum atomic E-state index is -0.0153. The Hall–Kier alpha value is -2.00. The summed E-state index contributed by atoms with van der Waals surface area (Å²) in [4.78, 5) is 0. The second kappa shape index (κ2) is 4.89. The largest absolute Gasteiger partial charge is 0.507 e. The highest BCUT2D eigenvalue weighted by Gasteiger charge is 2.06. The summed E-state index contributed by atoms with van der Waals surface area (Å²) >= 11 is 0. The lowest BCUT2D eigenvalue weighted by atomic mass is 10.0. The standard InChI is InChI=1S/C14H14O3/c1-17-12-5-6-14(16)13(8-12)11-4-2-3-10(7-11)9-15/h2-8,15-16H,9H2,1H3. The van der Waals surface area contributed by atoms with Crippen molar-refractivity contribution in [3.05, 3.63) is 48.0 Å². The Labute approximate surface area is 99.9 Å². The second-order valence-electron chi connectivity index (χ2n) is 3.74. The van der Waals surface area contributed by atoms with Gasteiger partial charge in [-0.2, -0.15) is 0 Å². The lowest BCUT2D eigenvalue weighted by Gasteiger charge is -2.08. The van der Waals surface area contributed by atoms with Crippen LogP contribution in [0.25, 0.3) is 11.1 Å². The molecule has 0 aliphatic rings. The number of aromatic hydroxyl groups is 1. The van der Waals surface area contributed by atoms with Crippen molar-refractivity contribution in [1.82, 2.24) is 0 Å². The first-order valence-electron chi connectivity index (χ1n) is 5.32. The molecule has 0 spiro atoms. The maximum atomic E-state index is 9.83. The molecule has 2 rings (SSSR count). The second-order valence-corrected chi connectivity index (χ2v) is 3.74. The quantitative estimate of drug-likeness (QED) is 0.852. The summed E-state index contributed by atoms with van der Waals surface area (Å²) in [6.45, 7) is -0.0153. The summed E-state index contributed by atoms with van der Waals surface area (Å²) in [6, 6.07) is 12.5. The molecule has 0 unspecified atom stereocenters. The Morgan fingerprint density at radius 3 is 2.65 bits per heavy atom. The Morgan fingerprint density at radius 1 is 1.12 bits per heavy atom. The number of ether oxygens (including phenoxy) is 1. The van der Waals surface area contributed by atoms with E-state index in [0.717, 1.165) is 11.1 Å². The van der Waals surface area contributed by atoms with Gasteiger partial charge in [0.15, 0.2) is 0 Å². The molecule has 0 atom stereocenters. The first-order valence-corrected chi connectivity index (χ1v) is 5.32. The zero-order valence-corrected chi connectivity index (χ0v) is 9.55. The van der Waals surface area contributed by atoms with Gasteiger partial charge in [-0.25, -0.2) is 0 Å². The van der Waals surface area contributed by atoms with Gasteiger partial charge in [-0.15, -0.1) is 0 Å². The van der Waals surface area contributed by atoms with Gasteiger partial charge in [0, 0.05) is 5.56 Å². The summed E-state index contributed by atoms with van der Waals surface area (Å²) in [5.41, 5.74) is 2.36. The first kappa shape index (κ1) is 11.5. The highest BCUT2D eigenvalue weighted by molar-refractivity contribution is 5.72. The number of aliphatic hydroxyl groups is 1. The number of methoxy groups -OCH3 is 1. The van der Waals surface area contributed by atoms with Gasteiger partial charge in [0.2, 0.25) is 0 Å². The van der Waals surface area contributed by atoms with E-state index in [4.69, 9.17) is 9.84 Å². The Kier molecular flexibility index (Phi) is 3.30. The van der Waals surface area contributed by atoms with Crippen LogP contribution in [0, 0.1) is 0 Å². The van der Waals surface area contributed by atoms with E-state index < -0.39 is 0 Å². The predicted molar refractivity (Wildman–Crippen MR) is 66.0 cm³/mol. The fourth-order valence-electron chi connectivity index (χ4n) is 1.71. The molecule has 0 bridgehead atoms. The summed E-state index contributed by atoms with van der Waals surface area (Å²) in [5, 5.41) is 18.9. The van der Waals surface area contributed by atoms with Crippen molar-refractivity contribution >= 4 is 0 Å². The minimum absolute atomic E-state index is 0.0153. The molecule has 0 aliphatic carbocycles. The van der Waals surface area contributed by atoms with Crippen LogP contribution in [0.15, 0.2) is 42.5 Å². The van der Waals surface area contributed by atoms with Gasteiger partial charge in [-0.05, 0) is 35.4 Å². The van der Waals surface area contributed by atoms with Crippen LogP contribution in [-0.2, 0) is 6.61 Å². The van der Waals surface area contributed by atoms with E-state index in [1.165, 1.54) is 0 Å². The molecule has 0 heterocycles. The van der Waals surface area contributed by atoms with Crippen LogP contribution in [-0.4, -0.2) is 17.3 Å². The van der Waals surface area contributed by atoms with Gasteiger partial charge in [0.25, 0.3) is 0 Å². The van der Waals surface area contributed by atoms with Crippen molar-refractivity contribution in [2.24, 2.45) is 0 Å². The lowest BCUT2D eigenvalue weighted by Crippen LogP contribution is -1.87. The molecule has 0 radical (unpaired) electrons. The average Bonchev–Trinajstić information content (AvgIpc) is 2.39. The van der Waals surface area contributed by atoms with E-state index in [1.807, 2.05) is 24.3 Å². The molecule has 0 saturated carbocycles. The van der Waals surface area contributed by atoms with Crippen molar-refractivity contribution in [2.45, 2.75) is 6.61 Å². The van der Waals surface area contributed by atoms with Gasteiger partial charge < -0.3 is 14.9 Å². The number of rotatable bonds is 3. The van der Waals surface area contributed by atoms with E-state index in [0.29, 0.717) is 11.3 Å². The van der Waals surface area contributed by atoms with Gasteiger partial charge in [-0.1, -0.05) is 18.2 Å². The van der Waals surface area contributed by atoms with Crippen molar-refractivity contribution < 1.29 is 14.9 Å². The van der Waals surface area contributed by atoms with Gasteiger partial charge in [-0.3, -0.25) is 0 Å². The zero-order chi connectivity index (χ0) is 12.3. The summed E-state index contributed by atoms with van der Waals surface area (Å²) in [6.07, 6.45) is 0. The van der Waals surface area contributed by atoms with E-state index in [2.05, 4.69) is 0 Å². The molecule has 0 saturated heterocycles. The fraction of sp³-hybridized carbons (Fsp3) is 0.143. The molecular weight excluding hydrogens is 216 g/mol. The molecule has 3 heteroatoms. The molecule has 2 N–H and O–H groups in total. The summed E-state index contributed by atoms with van der Waals surface area (Å²) < 4.78 is 5.13. The lowest BCUT2D eigenvalue weighted by molar-refractivity contribution is 0.282. The Balaban J connectivity index is 2.50.